The van der Waals surface area contributed by atoms with E-state index < -0.39 is 0 Å². The molecule has 0 saturated carbocycles. The van der Waals surface area contributed by atoms with Gasteiger partial charge < -0.3 is 4.98 Å². The molecule has 4 rings (SSSR count). The number of hydrogen-bond donors (Lipinski definition) is 3. The number of fused-ring (bicyclic) bond motifs is 2. The summed E-state index contributed by atoms with van der Waals surface area (Å²) in [6.45, 7) is 0.500. The first-order valence-corrected chi connectivity index (χ1v) is 12.7. The molecule has 1 aliphatic carbocycles. The number of rotatable bonds is 7. The molecular weight excluding hydrogens is 456 g/mol. The monoisotopic (exact) mass is 484 g/mol. The number of nitrogens with zero attached hydrogens (tertiary/aromatic N) is 1. The van der Waals surface area contributed by atoms with Crippen molar-refractivity contribution in [1.82, 2.24) is 20.4 Å². The second kappa shape index (κ2) is 10.9. The summed E-state index contributed by atoms with van der Waals surface area (Å²) in [7, 11) is 0. The van der Waals surface area contributed by atoms with E-state index in [9.17, 15) is 14.4 Å². The number of aryl methyl sites for hydroxylation is 2. The van der Waals surface area contributed by atoms with Crippen LogP contribution < -0.4 is 16.4 Å². The highest BCUT2D eigenvalue weighted by Crippen LogP contribution is 2.28. The molecule has 2 amide bonds. The van der Waals surface area contributed by atoms with Gasteiger partial charge in [0.15, 0.2) is 4.77 Å². The normalized spacial score (nSPS) is 13.3. The Balaban J connectivity index is 1.19. The average Bonchev–Trinajstić information content (AvgIpc) is 3.09. The molecule has 3 N–H and O–H groups in total. The summed E-state index contributed by atoms with van der Waals surface area (Å²) >= 11 is 6.86. The Morgan fingerprint density at radius 3 is 2.76 bits per heavy atom. The summed E-state index contributed by atoms with van der Waals surface area (Å²) in [6, 6.07) is 9.27. The van der Waals surface area contributed by atoms with E-state index in [1.807, 2.05) is 24.3 Å². The molecule has 0 aliphatic heterocycles. The van der Waals surface area contributed by atoms with Crippen molar-refractivity contribution in [3.63, 3.8) is 0 Å². The number of hydrogen-bond acceptors (Lipinski definition) is 5. The molecule has 174 valence electrons. The minimum absolute atomic E-state index is 0.0966. The van der Waals surface area contributed by atoms with Crippen molar-refractivity contribution in [3.8, 4) is 0 Å². The highest BCUT2D eigenvalue weighted by Gasteiger charge is 2.16. The van der Waals surface area contributed by atoms with E-state index in [4.69, 9.17) is 12.2 Å². The highest BCUT2D eigenvalue weighted by molar-refractivity contribution is 7.71. The van der Waals surface area contributed by atoms with E-state index in [1.165, 1.54) is 41.0 Å². The molecule has 2 aromatic heterocycles. The molecule has 0 bridgehead atoms. The molecule has 33 heavy (non-hydrogen) atoms. The minimum Gasteiger partial charge on any atom is -0.332 e. The van der Waals surface area contributed by atoms with Gasteiger partial charge in [0.25, 0.3) is 11.5 Å². The molecule has 1 aliphatic rings. The number of aromatic amines is 1. The third kappa shape index (κ3) is 5.78. The lowest BCUT2D eigenvalue weighted by Crippen LogP contribution is -2.41. The lowest BCUT2D eigenvalue weighted by atomic mass is 10.1. The van der Waals surface area contributed by atoms with Gasteiger partial charge in [0, 0.05) is 17.8 Å². The number of aromatic nitrogens is 2. The van der Waals surface area contributed by atoms with Crippen molar-refractivity contribution in [2.45, 2.75) is 64.3 Å². The SMILES string of the molecule is O=C(CCCCCn1c(=S)[nH]c2ccccc2c1=O)NNC(=O)c1cc2c(s1)CCCCC2. The maximum absolute atomic E-state index is 12.6. The van der Waals surface area contributed by atoms with Gasteiger partial charge in [-0.1, -0.05) is 25.0 Å². The fourth-order valence-electron chi connectivity index (χ4n) is 4.16. The third-order valence-electron chi connectivity index (χ3n) is 5.96. The van der Waals surface area contributed by atoms with Crippen molar-refractivity contribution in [2.24, 2.45) is 0 Å². The van der Waals surface area contributed by atoms with Gasteiger partial charge in [0.05, 0.1) is 15.8 Å². The summed E-state index contributed by atoms with van der Waals surface area (Å²) in [6.07, 6.45) is 8.12. The molecule has 0 atom stereocenters. The van der Waals surface area contributed by atoms with Crippen LogP contribution in [0.1, 0.15) is 65.1 Å². The Kier molecular flexibility index (Phi) is 7.72. The van der Waals surface area contributed by atoms with Crippen LogP contribution in [-0.4, -0.2) is 21.4 Å². The Labute approximate surface area is 201 Å². The molecule has 3 aromatic rings. The number of nitrogens with one attached hydrogen (secondary N) is 3. The van der Waals surface area contributed by atoms with Gasteiger partial charge in [-0.15, -0.1) is 11.3 Å². The van der Waals surface area contributed by atoms with E-state index in [-0.39, 0.29) is 17.4 Å². The summed E-state index contributed by atoms with van der Waals surface area (Å²) in [5, 5.41) is 0.614. The van der Waals surface area contributed by atoms with E-state index in [1.54, 1.807) is 10.6 Å². The van der Waals surface area contributed by atoms with Crippen LogP contribution in [0.25, 0.3) is 10.9 Å². The summed E-state index contributed by atoms with van der Waals surface area (Å²) in [5.74, 6) is -0.479. The Morgan fingerprint density at radius 2 is 1.88 bits per heavy atom. The van der Waals surface area contributed by atoms with Gasteiger partial charge >= 0.3 is 0 Å². The number of carbonyl (C=O) groups excluding carboxylic acids is 2. The number of unbranched alkanes of at least 4 members (excludes halogenated alkanes) is 2. The molecule has 0 saturated heterocycles. The molecule has 0 spiro atoms. The minimum atomic E-state index is -0.258. The Hall–Kier alpha value is -2.78. The number of carbonyl (C=O) groups is 2. The van der Waals surface area contributed by atoms with Crippen molar-refractivity contribution in [3.05, 3.63) is 60.8 Å². The van der Waals surface area contributed by atoms with E-state index in [0.717, 1.165) is 31.2 Å². The largest absolute Gasteiger partial charge is 0.332 e. The fourth-order valence-corrected chi connectivity index (χ4v) is 5.60. The van der Waals surface area contributed by atoms with Crippen LogP contribution in [0.2, 0.25) is 0 Å². The van der Waals surface area contributed by atoms with Crippen molar-refractivity contribution in [1.29, 1.82) is 0 Å². The smallest absolute Gasteiger partial charge is 0.279 e. The van der Waals surface area contributed by atoms with Crippen LogP contribution in [0.5, 0.6) is 0 Å². The highest BCUT2D eigenvalue weighted by atomic mass is 32.1. The first-order chi connectivity index (χ1) is 16.0. The van der Waals surface area contributed by atoms with Crippen LogP contribution in [0, 0.1) is 4.77 Å². The van der Waals surface area contributed by atoms with Gasteiger partial charge in [-0.2, -0.15) is 0 Å². The Bertz CT molecular complexity index is 1250. The zero-order valence-corrected chi connectivity index (χ0v) is 20.1. The molecule has 9 heteroatoms. The van der Waals surface area contributed by atoms with E-state index in [2.05, 4.69) is 15.8 Å². The summed E-state index contributed by atoms with van der Waals surface area (Å²) in [4.78, 5) is 42.2. The van der Waals surface area contributed by atoms with E-state index >= 15 is 0 Å². The fraction of sp³-hybridized carbons (Fsp3) is 0.417. The maximum atomic E-state index is 12.6. The van der Waals surface area contributed by atoms with Gasteiger partial charge in [-0.3, -0.25) is 29.8 Å². The predicted octanol–water partition coefficient (Wildman–Crippen LogP) is 4.41. The molecule has 1 aromatic carbocycles. The van der Waals surface area contributed by atoms with Crippen molar-refractivity contribution in [2.75, 3.05) is 0 Å². The van der Waals surface area contributed by atoms with Crippen LogP contribution in [0.15, 0.2) is 35.1 Å². The summed E-state index contributed by atoms with van der Waals surface area (Å²) < 4.78 is 1.98. The topological polar surface area (TPSA) is 96.0 Å². The predicted molar refractivity (Wildman–Crippen MR) is 133 cm³/mol. The molecule has 0 radical (unpaired) electrons. The molecule has 0 fully saturated rings. The first-order valence-electron chi connectivity index (χ1n) is 11.5. The Morgan fingerprint density at radius 1 is 1.06 bits per heavy atom. The molecule has 7 nitrogen and oxygen atoms in total. The molecule has 0 unspecified atom stereocenters. The second-order valence-electron chi connectivity index (χ2n) is 8.37. The quantitative estimate of drug-likeness (QED) is 0.200. The number of benzene rings is 1. The molecule has 2 heterocycles. The molecular formula is C24H28N4O3S2. The zero-order valence-electron chi connectivity index (χ0n) is 18.4. The van der Waals surface area contributed by atoms with Crippen molar-refractivity contribution >= 4 is 46.3 Å². The summed E-state index contributed by atoms with van der Waals surface area (Å²) in [5.41, 5.74) is 6.96. The van der Waals surface area contributed by atoms with Crippen molar-refractivity contribution < 1.29 is 9.59 Å². The van der Waals surface area contributed by atoms with Gasteiger partial charge in [0.2, 0.25) is 5.91 Å². The third-order valence-corrected chi connectivity index (χ3v) is 7.52. The number of thiophene rings is 1. The second-order valence-corrected chi connectivity index (χ2v) is 9.89. The van der Waals surface area contributed by atoms with Crippen LogP contribution in [0.4, 0.5) is 0 Å². The number of para-hydroxylation sites is 1. The zero-order chi connectivity index (χ0) is 23.2. The van der Waals surface area contributed by atoms with Gasteiger partial charge in [-0.25, -0.2) is 0 Å². The van der Waals surface area contributed by atoms with Gasteiger partial charge in [0.1, 0.15) is 0 Å². The van der Waals surface area contributed by atoms with Crippen LogP contribution in [0.3, 0.4) is 0 Å². The lowest BCUT2D eigenvalue weighted by molar-refractivity contribution is -0.122. The first kappa shape index (κ1) is 23.4. The van der Waals surface area contributed by atoms with Crippen LogP contribution in [-0.2, 0) is 24.2 Å². The lowest BCUT2D eigenvalue weighted by Gasteiger charge is -2.08. The maximum Gasteiger partial charge on any atom is 0.279 e. The van der Waals surface area contributed by atoms with E-state index in [0.29, 0.717) is 34.4 Å². The number of H-pyrrole nitrogens is 1. The number of amides is 2. The standard InChI is InChI=1S/C24H28N4O3S2/c29-21(26-27-22(30)20-15-16-9-3-1-4-12-19(16)33-20)13-5-2-8-14-28-23(31)17-10-6-7-11-18(17)25-24(28)32/h6-7,10-11,15H,1-5,8-9,12-14H2,(H,25,32)(H,26,29)(H,27,30). The number of hydrazine groups is 1. The van der Waals surface area contributed by atoms with Crippen LogP contribution >= 0.6 is 23.6 Å². The average molecular weight is 485 g/mol. The van der Waals surface area contributed by atoms with Gasteiger partial charge in [-0.05, 0) is 74.5 Å².